The van der Waals surface area contributed by atoms with Crippen molar-refractivity contribution in [2.24, 2.45) is 0 Å². The molecular weight excluding hydrogens is 432 g/mol. The number of carbonyl (C=O) groups excluding carboxylic acids is 2. The lowest BCUT2D eigenvalue weighted by Crippen LogP contribution is -2.27. The smallest absolute Gasteiger partial charge is 0.268 e. The van der Waals surface area contributed by atoms with Crippen LogP contribution in [0.3, 0.4) is 0 Å². The third-order valence-corrected chi connectivity index (χ3v) is 5.10. The van der Waals surface area contributed by atoms with Gasteiger partial charge in [0.1, 0.15) is 0 Å². The summed E-state index contributed by atoms with van der Waals surface area (Å²) in [5.41, 5.74) is 0.703. The Morgan fingerprint density at radius 3 is 2.64 bits per heavy atom. The number of halogens is 2. The van der Waals surface area contributed by atoms with Crippen molar-refractivity contribution in [2.75, 3.05) is 4.90 Å². The summed E-state index contributed by atoms with van der Waals surface area (Å²) < 4.78 is 0.335. The average molecular weight is 440 g/mol. The third-order valence-electron chi connectivity index (χ3n) is 3.32. The number of benzene rings is 2. The second-order valence-corrected chi connectivity index (χ2v) is 7.25. The molecule has 0 radical (unpaired) electrons. The first kappa shape index (κ1) is 17.7. The second kappa shape index (κ2) is 6.99. The zero-order chi connectivity index (χ0) is 18.1. The lowest BCUT2D eigenvalue weighted by atomic mass is 10.2. The molecule has 1 saturated heterocycles. The van der Waals surface area contributed by atoms with Gasteiger partial charge in [-0.2, -0.15) is 0 Å². The Labute approximate surface area is 159 Å². The number of imide groups is 1. The standard InChI is InChI=1S/C16H8BrClN2O4S/c17-12-5-4-9(6-13(12)20(23)24)7-14-15(21)19(16(22)25-14)11-3-1-2-10(18)8-11/h1-8H/b14-7-. The number of amides is 2. The fourth-order valence-electron chi connectivity index (χ4n) is 2.22. The summed E-state index contributed by atoms with van der Waals surface area (Å²) in [5.74, 6) is -0.497. The van der Waals surface area contributed by atoms with Crippen LogP contribution in [0.25, 0.3) is 6.08 Å². The van der Waals surface area contributed by atoms with E-state index in [4.69, 9.17) is 11.6 Å². The van der Waals surface area contributed by atoms with Crippen molar-refractivity contribution < 1.29 is 14.5 Å². The van der Waals surface area contributed by atoms with Crippen molar-refractivity contribution >= 4 is 67.9 Å². The van der Waals surface area contributed by atoms with Crippen molar-refractivity contribution in [2.45, 2.75) is 0 Å². The lowest BCUT2D eigenvalue weighted by Gasteiger charge is -2.12. The van der Waals surface area contributed by atoms with E-state index in [9.17, 15) is 19.7 Å². The summed E-state index contributed by atoms with van der Waals surface area (Å²) >= 11 is 9.78. The van der Waals surface area contributed by atoms with Crippen LogP contribution in [0.1, 0.15) is 5.56 Å². The highest BCUT2D eigenvalue weighted by atomic mass is 79.9. The Bertz CT molecular complexity index is 947. The van der Waals surface area contributed by atoms with Crippen LogP contribution < -0.4 is 4.90 Å². The van der Waals surface area contributed by atoms with E-state index in [1.54, 1.807) is 24.3 Å². The molecule has 2 aromatic rings. The van der Waals surface area contributed by atoms with Crippen LogP contribution >= 0.6 is 39.3 Å². The Balaban J connectivity index is 1.96. The maximum absolute atomic E-state index is 12.5. The first-order valence-electron chi connectivity index (χ1n) is 6.84. The van der Waals surface area contributed by atoms with Crippen molar-refractivity contribution in [3.05, 3.63) is 72.5 Å². The van der Waals surface area contributed by atoms with Crippen LogP contribution in [0.2, 0.25) is 5.02 Å². The topological polar surface area (TPSA) is 80.5 Å². The molecule has 0 bridgehead atoms. The van der Waals surface area contributed by atoms with E-state index in [1.807, 2.05) is 0 Å². The van der Waals surface area contributed by atoms with Gasteiger partial charge >= 0.3 is 0 Å². The predicted molar refractivity (Wildman–Crippen MR) is 101 cm³/mol. The lowest BCUT2D eigenvalue weighted by molar-refractivity contribution is -0.385. The van der Waals surface area contributed by atoms with Crippen molar-refractivity contribution in [1.82, 2.24) is 0 Å². The predicted octanol–water partition coefficient (Wildman–Crippen LogP) is 5.25. The molecule has 6 nitrogen and oxygen atoms in total. The van der Waals surface area contributed by atoms with Crippen LogP contribution in [0.5, 0.6) is 0 Å². The SMILES string of the molecule is O=C1S/C(=C\c2ccc(Br)c([N+](=O)[O-])c2)C(=O)N1c1cccc(Cl)c1. The normalized spacial score (nSPS) is 15.9. The van der Waals surface area contributed by atoms with Crippen LogP contribution in [-0.2, 0) is 4.79 Å². The molecular formula is C16H8BrClN2O4S. The molecule has 1 fully saturated rings. The fourth-order valence-corrected chi connectivity index (χ4v) is 3.63. The third kappa shape index (κ3) is 3.60. The minimum atomic E-state index is -0.529. The number of hydrogen-bond donors (Lipinski definition) is 0. The fraction of sp³-hybridized carbons (Fsp3) is 0. The highest BCUT2D eigenvalue weighted by Gasteiger charge is 2.36. The molecule has 1 aliphatic heterocycles. The zero-order valence-electron chi connectivity index (χ0n) is 12.3. The highest BCUT2D eigenvalue weighted by molar-refractivity contribution is 9.10. The Kier molecular flexibility index (Phi) is 4.94. The summed E-state index contributed by atoms with van der Waals surface area (Å²) in [6.07, 6.45) is 1.45. The minimum absolute atomic E-state index is 0.122. The van der Waals surface area contributed by atoms with Crippen LogP contribution in [0.4, 0.5) is 16.2 Å². The van der Waals surface area contributed by atoms with E-state index in [0.717, 1.165) is 16.7 Å². The van der Waals surface area contributed by atoms with Gasteiger partial charge in [0.05, 0.1) is 20.0 Å². The molecule has 0 spiro atoms. The van der Waals surface area contributed by atoms with Gasteiger partial charge in [0.15, 0.2) is 0 Å². The molecule has 9 heteroatoms. The number of nitrogens with zero attached hydrogens (tertiary/aromatic N) is 2. The van der Waals surface area contributed by atoms with E-state index in [2.05, 4.69) is 15.9 Å². The molecule has 0 saturated carbocycles. The number of nitro benzene ring substituents is 1. The molecule has 1 heterocycles. The molecule has 2 aromatic carbocycles. The van der Waals surface area contributed by atoms with Crippen LogP contribution in [0, 0.1) is 10.1 Å². The molecule has 0 atom stereocenters. The Morgan fingerprint density at radius 1 is 1.20 bits per heavy atom. The maximum Gasteiger partial charge on any atom is 0.298 e. The maximum atomic E-state index is 12.5. The van der Waals surface area contributed by atoms with Crippen molar-refractivity contribution in [1.29, 1.82) is 0 Å². The zero-order valence-corrected chi connectivity index (χ0v) is 15.5. The molecule has 0 N–H and O–H groups in total. The number of thioether (sulfide) groups is 1. The number of anilines is 1. The molecule has 126 valence electrons. The van der Waals surface area contributed by atoms with Crippen molar-refractivity contribution in [3.8, 4) is 0 Å². The minimum Gasteiger partial charge on any atom is -0.268 e. The van der Waals surface area contributed by atoms with Gasteiger partial charge in [-0.15, -0.1) is 0 Å². The Morgan fingerprint density at radius 2 is 1.96 bits per heavy atom. The van der Waals surface area contributed by atoms with Gasteiger partial charge < -0.3 is 0 Å². The first-order chi connectivity index (χ1) is 11.9. The van der Waals surface area contributed by atoms with Crippen molar-refractivity contribution in [3.63, 3.8) is 0 Å². The van der Waals surface area contributed by atoms with Gasteiger partial charge in [-0.05, 0) is 63.6 Å². The molecule has 3 rings (SSSR count). The van der Waals surface area contributed by atoms with Gasteiger partial charge in [0, 0.05) is 11.1 Å². The van der Waals surface area contributed by atoms with Gasteiger partial charge in [0.2, 0.25) is 0 Å². The average Bonchev–Trinajstić information content (AvgIpc) is 2.83. The highest BCUT2D eigenvalue weighted by Crippen LogP contribution is 2.37. The van der Waals surface area contributed by atoms with E-state index in [1.165, 1.54) is 24.3 Å². The van der Waals surface area contributed by atoms with E-state index < -0.39 is 16.1 Å². The summed E-state index contributed by atoms with van der Waals surface area (Å²) in [7, 11) is 0. The first-order valence-corrected chi connectivity index (χ1v) is 8.83. The molecule has 1 aliphatic rings. The van der Waals surface area contributed by atoms with Gasteiger partial charge in [-0.3, -0.25) is 19.7 Å². The molecule has 2 amide bonds. The van der Waals surface area contributed by atoms with Gasteiger partial charge in [-0.1, -0.05) is 23.7 Å². The monoisotopic (exact) mass is 438 g/mol. The summed E-state index contributed by atoms with van der Waals surface area (Å²) in [5, 5.41) is 11.0. The van der Waals surface area contributed by atoms with E-state index in [-0.39, 0.29) is 10.6 Å². The van der Waals surface area contributed by atoms with E-state index >= 15 is 0 Å². The molecule has 25 heavy (non-hydrogen) atoms. The van der Waals surface area contributed by atoms with E-state index in [0.29, 0.717) is 20.7 Å². The number of nitro groups is 1. The molecule has 0 aromatic heterocycles. The Hall–Kier alpha value is -2.16. The van der Waals surface area contributed by atoms with Gasteiger partial charge in [0.25, 0.3) is 16.8 Å². The number of carbonyl (C=O) groups is 2. The largest absolute Gasteiger partial charge is 0.298 e. The summed E-state index contributed by atoms with van der Waals surface area (Å²) in [6, 6.07) is 10.9. The number of rotatable bonds is 3. The summed E-state index contributed by atoms with van der Waals surface area (Å²) in [4.78, 5) is 36.4. The molecule has 0 unspecified atom stereocenters. The summed E-state index contributed by atoms with van der Waals surface area (Å²) in [6.45, 7) is 0. The second-order valence-electron chi connectivity index (χ2n) is 4.96. The number of hydrogen-bond acceptors (Lipinski definition) is 5. The van der Waals surface area contributed by atoms with Crippen LogP contribution in [-0.4, -0.2) is 16.1 Å². The quantitative estimate of drug-likeness (QED) is 0.370. The molecule has 0 aliphatic carbocycles. The van der Waals surface area contributed by atoms with Gasteiger partial charge in [-0.25, -0.2) is 4.90 Å². The van der Waals surface area contributed by atoms with Crippen LogP contribution in [0.15, 0.2) is 51.8 Å².